The molecule has 1 fully saturated rings. The Kier molecular flexibility index (Phi) is 3.74. The summed E-state index contributed by atoms with van der Waals surface area (Å²) < 4.78 is 5.39. The van der Waals surface area contributed by atoms with Gasteiger partial charge in [0, 0.05) is 29.9 Å². The maximum absolute atomic E-state index is 5.39. The summed E-state index contributed by atoms with van der Waals surface area (Å²) in [7, 11) is 0. The smallest absolute Gasteiger partial charge is 0.240 e. The lowest BCUT2D eigenvalue weighted by atomic mass is 10.0. The number of hydrogen-bond acceptors (Lipinski definition) is 7. The number of thioether (sulfide) groups is 1. The molecule has 2 unspecified atom stereocenters. The molecule has 0 amide bonds. The van der Waals surface area contributed by atoms with Crippen LogP contribution in [0.1, 0.15) is 18.7 Å². The van der Waals surface area contributed by atoms with Gasteiger partial charge in [-0.05, 0) is 12.6 Å². The number of nitrogens with zero attached hydrogens (tertiary/aromatic N) is 4. The van der Waals surface area contributed by atoms with Crippen molar-refractivity contribution in [1.82, 2.24) is 25.4 Å². The molecule has 7 heteroatoms. The van der Waals surface area contributed by atoms with Gasteiger partial charge in [-0.2, -0.15) is 16.7 Å². The van der Waals surface area contributed by atoms with E-state index in [0.717, 1.165) is 18.1 Å². The molecule has 6 nitrogen and oxygen atoms in total. The van der Waals surface area contributed by atoms with Crippen molar-refractivity contribution >= 4 is 11.8 Å². The fourth-order valence-corrected chi connectivity index (χ4v) is 3.52. The largest absolute Gasteiger partial charge is 0.338 e. The van der Waals surface area contributed by atoms with E-state index in [2.05, 4.69) is 32.3 Å². The van der Waals surface area contributed by atoms with E-state index in [9.17, 15) is 0 Å². The third-order valence-corrected chi connectivity index (χ3v) is 4.26. The molecule has 19 heavy (non-hydrogen) atoms. The van der Waals surface area contributed by atoms with Gasteiger partial charge in [0.2, 0.25) is 17.5 Å². The number of rotatable bonds is 4. The van der Waals surface area contributed by atoms with Crippen LogP contribution in [-0.2, 0) is 0 Å². The molecule has 100 valence electrons. The highest BCUT2D eigenvalue weighted by molar-refractivity contribution is 7.99. The third-order valence-electron chi connectivity index (χ3n) is 3.07. The summed E-state index contributed by atoms with van der Waals surface area (Å²) in [5, 5.41) is 7.44. The molecule has 3 rings (SSSR count). The SMILES string of the molecule is CCNC1CSCC1c1nc(-c2ncccn2)no1. The van der Waals surface area contributed by atoms with Crippen LogP contribution in [0, 0.1) is 0 Å². The first-order valence-electron chi connectivity index (χ1n) is 6.30. The van der Waals surface area contributed by atoms with Crippen LogP contribution in [0.4, 0.5) is 0 Å². The van der Waals surface area contributed by atoms with Gasteiger partial charge < -0.3 is 9.84 Å². The van der Waals surface area contributed by atoms with Crippen LogP contribution < -0.4 is 5.32 Å². The van der Waals surface area contributed by atoms with E-state index < -0.39 is 0 Å². The van der Waals surface area contributed by atoms with Gasteiger partial charge in [0.25, 0.3) is 0 Å². The highest BCUT2D eigenvalue weighted by Gasteiger charge is 2.33. The molecule has 1 saturated heterocycles. The molecule has 1 N–H and O–H groups in total. The van der Waals surface area contributed by atoms with Gasteiger partial charge in [0.1, 0.15) is 0 Å². The maximum atomic E-state index is 5.39. The van der Waals surface area contributed by atoms with Gasteiger partial charge >= 0.3 is 0 Å². The molecule has 1 aliphatic rings. The molecule has 2 atom stereocenters. The lowest BCUT2D eigenvalue weighted by Gasteiger charge is -2.15. The molecule has 0 aliphatic carbocycles. The van der Waals surface area contributed by atoms with E-state index in [1.807, 2.05) is 11.8 Å². The van der Waals surface area contributed by atoms with E-state index in [1.165, 1.54) is 0 Å². The van der Waals surface area contributed by atoms with Crippen LogP contribution in [-0.4, -0.2) is 44.2 Å². The first-order valence-corrected chi connectivity index (χ1v) is 7.46. The maximum Gasteiger partial charge on any atom is 0.240 e. The zero-order valence-electron chi connectivity index (χ0n) is 10.6. The second-order valence-electron chi connectivity index (χ2n) is 4.34. The van der Waals surface area contributed by atoms with E-state index in [4.69, 9.17) is 4.52 Å². The molecule has 0 radical (unpaired) electrons. The monoisotopic (exact) mass is 277 g/mol. The van der Waals surface area contributed by atoms with Crippen molar-refractivity contribution in [2.24, 2.45) is 0 Å². The Bertz CT molecular complexity index is 532. The standard InChI is InChI=1S/C12H15N5OS/c1-2-13-9-7-19-6-8(9)12-16-11(17-18-12)10-14-4-3-5-15-10/h3-5,8-9,13H,2,6-7H2,1H3. The van der Waals surface area contributed by atoms with Crippen molar-refractivity contribution in [3.63, 3.8) is 0 Å². The summed E-state index contributed by atoms with van der Waals surface area (Å²) >= 11 is 1.91. The van der Waals surface area contributed by atoms with E-state index in [-0.39, 0.29) is 5.92 Å². The Balaban J connectivity index is 1.81. The first kappa shape index (κ1) is 12.6. The zero-order valence-corrected chi connectivity index (χ0v) is 11.4. The van der Waals surface area contributed by atoms with Crippen LogP contribution in [0.25, 0.3) is 11.6 Å². The Hall–Kier alpha value is -1.47. The lowest BCUT2D eigenvalue weighted by molar-refractivity contribution is 0.340. The van der Waals surface area contributed by atoms with E-state index >= 15 is 0 Å². The first-order chi connectivity index (χ1) is 9.38. The fourth-order valence-electron chi connectivity index (χ4n) is 2.15. The van der Waals surface area contributed by atoms with Gasteiger partial charge in [-0.3, -0.25) is 0 Å². The minimum Gasteiger partial charge on any atom is -0.338 e. The average molecular weight is 277 g/mol. The molecular weight excluding hydrogens is 262 g/mol. The summed E-state index contributed by atoms with van der Waals surface area (Å²) in [5.41, 5.74) is 0. The zero-order chi connectivity index (χ0) is 13.1. The van der Waals surface area contributed by atoms with Crippen molar-refractivity contribution in [3.8, 4) is 11.6 Å². The molecule has 3 heterocycles. The van der Waals surface area contributed by atoms with Crippen LogP contribution in [0.2, 0.25) is 0 Å². The predicted molar refractivity (Wildman–Crippen MR) is 72.9 cm³/mol. The van der Waals surface area contributed by atoms with Crippen LogP contribution >= 0.6 is 11.8 Å². The summed E-state index contributed by atoms with van der Waals surface area (Å²) in [6.07, 6.45) is 3.34. The Labute approximate surface area is 115 Å². The Morgan fingerprint density at radius 1 is 1.32 bits per heavy atom. The molecule has 2 aromatic rings. The summed E-state index contributed by atoms with van der Waals surface area (Å²) in [6, 6.07) is 2.17. The highest BCUT2D eigenvalue weighted by Crippen LogP contribution is 2.32. The van der Waals surface area contributed by atoms with Crippen LogP contribution in [0.5, 0.6) is 0 Å². The van der Waals surface area contributed by atoms with Gasteiger partial charge in [-0.15, -0.1) is 0 Å². The fraction of sp³-hybridized carbons (Fsp3) is 0.500. The normalized spacial score (nSPS) is 22.8. The second kappa shape index (κ2) is 5.66. The van der Waals surface area contributed by atoms with Gasteiger partial charge in [-0.25, -0.2) is 9.97 Å². The third kappa shape index (κ3) is 2.62. The highest BCUT2D eigenvalue weighted by atomic mass is 32.2. The Morgan fingerprint density at radius 2 is 2.16 bits per heavy atom. The molecule has 1 aliphatic heterocycles. The topological polar surface area (TPSA) is 76.7 Å². The van der Waals surface area contributed by atoms with E-state index in [0.29, 0.717) is 23.6 Å². The molecular formula is C12H15N5OS. The average Bonchev–Trinajstić information content (AvgIpc) is 3.08. The summed E-state index contributed by atoms with van der Waals surface area (Å²) in [5.74, 6) is 4.01. The number of aromatic nitrogens is 4. The quantitative estimate of drug-likeness (QED) is 0.903. The van der Waals surface area contributed by atoms with Crippen molar-refractivity contribution in [2.75, 3.05) is 18.1 Å². The van der Waals surface area contributed by atoms with E-state index in [1.54, 1.807) is 18.5 Å². The molecule has 0 spiro atoms. The van der Waals surface area contributed by atoms with Crippen LogP contribution in [0.15, 0.2) is 23.0 Å². The minimum absolute atomic E-state index is 0.273. The summed E-state index contributed by atoms with van der Waals surface area (Å²) in [6.45, 7) is 3.06. The predicted octanol–water partition coefficient (Wildman–Crippen LogP) is 1.34. The van der Waals surface area contributed by atoms with Crippen LogP contribution in [0.3, 0.4) is 0 Å². The van der Waals surface area contributed by atoms with Crippen molar-refractivity contribution in [1.29, 1.82) is 0 Å². The van der Waals surface area contributed by atoms with Gasteiger partial charge in [0.05, 0.1) is 5.92 Å². The van der Waals surface area contributed by atoms with Gasteiger partial charge in [0.15, 0.2) is 0 Å². The minimum atomic E-state index is 0.273. The summed E-state index contributed by atoms with van der Waals surface area (Å²) in [4.78, 5) is 12.7. The molecule has 0 saturated carbocycles. The number of hydrogen-bond donors (Lipinski definition) is 1. The molecule has 0 aromatic carbocycles. The molecule has 2 aromatic heterocycles. The van der Waals surface area contributed by atoms with Crippen molar-refractivity contribution in [2.45, 2.75) is 18.9 Å². The number of likely N-dealkylation sites (N-methyl/N-ethyl adjacent to an activating group) is 1. The molecule has 0 bridgehead atoms. The van der Waals surface area contributed by atoms with Crippen molar-refractivity contribution < 1.29 is 4.52 Å². The second-order valence-corrected chi connectivity index (χ2v) is 5.41. The number of nitrogens with one attached hydrogen (secondary N) is 1. The Morgan fingerprint density at radius 3 is 2.95 bits per heavy atom. The van der Waals surface area contributed by atoms with Crippen molar-refractivity contribution in [3.05, 3.63) is 24.4 Å². The van der Waals surface area contributed by atoms with Gasteiger partial charge in [-0.1, -0.05) is 12.1 Å². The lowest BCUT2D eigenvalue weighted by Crippen LogP contribution is -2.34.